The van der Waals surface area contributed by atoms with E-state index >= 15 is 0 Å². The fourth-order valence-electron chi connectivity index (χ4n) is 1.65. The summed E-state index contributed by atoms with van der Waals surface area (Å²) in [6.45, 7) is 4.24. The molecule has 0 saturated heterocycles. The van der Waals surface area contributed by atoms with E-state index in [9.17, 15) is 9.59 Å². The molecular formula is C15H21NO4S. The van der Waals surface area contributed by atoms with Crippen LogP contribution in [-0.4, -0.2) is 41.6 Å². The second kappa shape index (κ2) is 7.38. The van der Waals surface area contributed by atoms with Crippen LogP contribution < -0.4 is 0 Å². The molecule has 1 rings (SSSR count). The van der Waals surface area contributed by atoms with Crippen LogP contribution in [0.15, 0.2) is 17.5 Å². The monoisotopic (exact) mass is 311 g/mol. The molecule has 0 radical (unpaired) electrons. The summed E-state index contributed by atoms with van der Waals surface area (Å²) in [5.41, 5.74) is 0.506. The van der Waals surface area contributed by atoms with Crippen molar-refractivity contribution in [1.29, 1.82) is 0 Å². The SMILES string of the molecule is COC(C)(C)CC(=O)N(C)Cc1csc(/C=C/C(=O)O)c1. The largest absolute Gasteiger partial charge is 0.478 e. The Morgan fingerprint density at radius 1 is 1.48 bits per heavy atom. The minimum Gasteiger partial charge on any atom is -0.478 e. The molecule has 0 aliphatic rings. The lowest BCUT2D eigenvalue weighted by molar-refractivity contribution is -0.135. The van der Waals surface area contributed by atoms with Gasteiger partial charge in [-0.3, -0.25) is 4.79 Å². The molecule has 0 unspecified atom stereocenters. The van der Waals surface area contributed by atoms with Gasteiger partial charge in [-0.1, -0.05) is 0 Å². The summed E-state index contributed by atoms with van der Waals surface area (Å²) in [5.74, 6) is -0.963. The molecule has 21 heavy (non-hydrogen) atoms. The van der Waals surface area contributed by atoms with Gasteiger partial charge < -0.3 is 14.7 Å². The van der Waals surface area contributed by atoms with Crippen LogP contribution in [0.2, 0.25) is 0 Å². The lowest BCUT2D eigenvalue weighted by atomic mass is 10.0. The lowest BCUT2D eigenvalue weighted by Crippen LogP contribution is -2.34. The Hall–Kier alpha value is -1.66. The summed E-state index contributed by atoms with van der Waals surface area (Å²) in [4.78, 5) is 25.1. The number of methoxy groups -OCH3 is 1. The van der Waals surface area contributed by atoms with Crippen LogP contribution in [-0.2, 0) is 20.9 Å². The number of rotatable bonds is 7. The van der Waals surface area contributed by atoms with Gasteiger partial charge >= 0.3 is 5.97 Å². The zero-order chi connectivity index (χ0) is 16.0. The summed E-state index contributed by atoms with van der Waals surface area (Å²) in [5, 5.41) is 10.5. The van der Waals surface area contributed by atoms with E-state index in [-0.39, 0.29) is 5.91 Å². The first-order valence-electron chi connectivity index (χ1n) is 6.51. The van der Waals surface area contributed by atoms with Crippen molar-refractivity contribution in [2.75, 3.05) is 14.2 Å². The summed E-state index contributed by atoms with van der Waals surface area (Å²) in [6, 6.07) is 1.88. The number of carbonyl (C=O) groups is 2. The van der Waals surface area contributed by atoms with Crippen LogP contribution in [0.25, 0.3) is 6.08 Å². The zero-order valence-electron chi connectivity index (χ0n) is 12.8. The van der Waals surface area contributed by atoms with Crippen molar-refractivity contribution in [3.05, 3.63) is 28.0 Å². The van der Waals surface area contributed by atoms with Crippen LogP contribution in [0.5, 0.6) is 0 Å². The van der Waals surface area contributed by atoms with Gasteiger partial charge in [-0.05, 0) is 36.9 Å². The average Bonchev–Trinajstić information content (AvgIpc) is 2.83. The number of ether oxygens (including phenoxy) is 1. The van der Waals surface area contributed by atoms with Crippen LogP contribution in [0.3, 0.4) is 0 Å². The van der Waals surface area contributed by atoms with E-state index in [1.165, 1.54) is 11.3 Å². The minimum absolute atomic E-state index is 0.00989. The molecular weight excluding hydrogens is 290 g/mol. The maximum absolute atomic E-state index is 12.1. The van der Waals surface area contributed by atoms with Crippen molar-refractivity contribution >= 4 is 29.3 Å². The molecule has 1 amide bonds. The number of hydrogen-bond acceptors (Lipinski definition) is 4. The average molecular weight is 311 g/mol. The zero-order valence-corrected chi connectivity index (χ0v) is 13.6. The topological polar surface area (TPSA) is 66.8 Å². The molecule has 5 nitrogen and oxygen atoms in total. The Labute approximate surface area is 128 Å². The van der Waals surface area contributed by atoms with E-state index < -0.39 is 11.6 Å². The molecule has 0 bridgehead atoms. The van der Waals surface area contributed by atoms with Crippen molar-refractivity contribution in [3.8, 4) is 0 Å². The highest BCUT2D eigenvalue weighted by Gasteiger charge is 2.23. The molecule has 0 atom stereocenters. The quantitative estimate of drug-likeness (QED) is 0.786. The molecule has 0 spiro atoms. The van der Waals surface area contributed by atoms with Crippen molar-refractivity contribution in [2.24, 2.45) is 0 Å². The van der Waals surface area contributed by atoms with E-state index in [2.05, 4.69) is 0 Å². The second-order valence-corrected chi connectivity index (χ2v) is 6.36. The number of nitrogens with zero attached hydrogens (tertiary/aromatic N) is 1. The van der Waals surface area contributed by atoms with E-state index in [0.29, 0.717) is 13.0 Å². The first kappa shape index (κ1) is 17.4. The number of carboxylic acids is 1. The van der Waals surface area contributed by atoms with Gasteiger partial charge in [0.15, 0.2) is 0 Å². The number of carboxylic acid groups (broad SMARTS) is 1. The highest BCUT2D eigenvalue weighted by molar-refractivity contribution is 7.11. The smallest absolute Gasteiger partial charge is 0.328 e. The first-order valence-corrected chi connectivity index (χ1v) is 7.39. The van der Waals surface area contributed by atoms with Gasteiger partial charge in [0.2, 0.25) is 5.91 Å². The van der Waals surface area contributed by atoms with Crippen molar-refractivity contribution in [2.45, 2.75) is 32.4 Å². The maximum Gasteiger partial charge on any atom is 0.328 e. The number of amides is 1. The predicted molar refractivity (Wildman–Crippen MR) is 83.2 cm³/mol. The van der Waals surface area contributed by atoms with E-state index in [4.69, 9.17) is 9.84 Å². The second-order valence-electron chi connectivity index (χ2n) is 5.42. The fraction of sp³-hybridized carbons (Fsp3) is 0.467. The number of thiophene rings is 1. The van der Waals surface area contributed by atoms with E-state index in [1.807, 2.05) is 25.3 Å². The summed E-state index contributed by atoms with van der Waals surface area (Å²) in [6.07, 6.45) is 2.97. The van der Waals surface area contributed by atoms with Crippen molar-refractivity contribution in [1.82, 2.24) is 4.90 Å². The Morgan fingerprint density at radius 3 is 2.71 bits per heavy atom. The highest BCUT2D eigenvalue weighted by Crippen LogP contribution is 2.19. The van der Waals surface area contributed by atoms with Gasteiger partial charge in [0, 0.05) is 31.7 Å². The number of hydrogen-bond donors (Lipinski definition) is 1. The van der Waals surface area contributed by atoms with E-state index in [1.54, 1.807) is 25.1 Å². The highest BCUT2D eigenvalue weighted by atomic mass is 32.1. The number of carbonyl (C=O) groups excluding carboxylic acids is 1. The van der Waals surface area contributed by atoms with Crippen LogP contribution >= 0.6 is 11.3 Å². The van der Waals surface area contributed by atoms with Crippen LogP contribution in [0.4, 0.5) is 0 Å². The summed E-state index contributed by atoms with van der Waals surface area (Å²) >= 11 is 1.45. The third-order valence-corrected chi connectivity index (χ3v) is 3.99. The molecule has 116 valence electrons. The maximum atomic E-state index is 12.1. The predicted octanol–water partition coefficient (Wildman–Crippen LogP) is 2.62. The molecule has 1 N–H and O–H groups in total. The van der Waals surface area contributed by atoms with Gasteiger partial charge in [-0.15, -0.1) is 11.3 Å². The van der Waals surface area contributed by atoms with Crippen LogP contribution in [0, 0.1) is 0 Å². The van der Waals surface area contributed by atoms with Gasteiger partial charge in [0.1, 0.15) is 0 Å². The molecule has 6 heteroatoms. The lowest BCUT2D eigenvalue weighted by Gasteiger charge is -2.25. The molecule has 0 aromatic carbocycles. The molecule has 0 aliphatic heterocycles. The third kappa shape index (κ3) is 6.10. The Morgan fingerprint density at radius 2 is 2.14 bits per heavy atom. The van der Waals surface area contributed by atoms with E-state index in [0.717, 1.165) is 16.5 Å². The fourth-order valence-corrected chi connectivity index (χ4v) is 2.45. The number of aliphatic carboxylic acids is 1. The van der Waals surface area contributed by atoms with Gasteiger partial charge in [-0.25, -0.2) is 4.79 Å². The van der Waals surface area contributed by atoms with Crippen molar-refractivity contribution < 1.29 is 19.4 Å². The summed E-state index contributed by atoms with van der Waals surface area (Å²) < 4.78 is 5.26. The normalized spacial score (nSPS) is 11.8. The molecule has 0 saturated carbocycles. The first-order chi connectivity index (χ1) is 9.73. The molecule has 0 aliphatic carbocycles. The molecule has 1 aromatic rings. The Kier molecular flexibility index (Phi) is 6.11. The molecule has 1 aromatic heterocycles. The molecule has 1 heterocycles. The standard InChI is InChI=1S/C15H21NO4S/c1-15(2,20-4)8-13(17)16(3)9-11-7-12(21-10-11)5-6-14(18)19/h5-7,10H,8-9H2,1-4H3,(H,18,19)/b6-5+. The summed E-state index contributed by atoms with van der Waals surface area (Å²) in [7, 11) is 3.34. The minimum atomic E-state index is -0.973. The molecule has 0 fully saturated rings. The Bertz CT molecular complexity index is 534. The van der Waals surface area contributed by atoms with Gasteiger partial charge in [-0.2, -0.15) is 0 Å². The van der Waals surface area contributed by atoms with Gasteiger partial charge in [0.05, 0.1) is 12.0 Å². The Balaban J connectivity index is 2.61. The van der Waals surface area contributed by atoms with Gasteiger partial charge in [0.25, 0.3) is 0 Å². The van der Waals surface area contributed by atoms with Crippen molar-refractivity contribution in [3.63, 3.8) is 0 Å². The van der Waals surface area contributed by atoms with Crippen LogP contribution in [0.1, 0.15) is 30.7 Å². The third-order valence-electron chi connectivity index (χ3n) is 3.04.